The van der Waals surface area contributed by atoms with Gasteiger partial charge in [0.15, 0.2) is 0 Å². The smallest absolute Gasteiger partial charge is 0.126 e. The maximum Gasteiger partial charge on any atom is 0.126 e. The first-order chi connectivity index (χ1) is 9.92. The standard InChI is InChI=1S/C15H16N4O/c1-2-4-12-10(3-1)11(7-17-12)13-8-18-15(19-13)14-9-20-6-5-16-14/h1-4,7-8,14,16-17H,5-6,9H2,(H,18,19). The summed E-state index contributed by atoms with van der Waals surface area (Å²) >= 11 is 0. The predicted octanol–water partition coefficient (Wildman–Crippen LogP) is 2.22. The molecule has 1 atom stereocenters. The van der Waals surface area contributed by atoms with Crippen LogP contribution in [0.4, 0.5) is 0 Å². The number of aromatic nitrogens is 3. The lowest BCUT2D eigenvalue weighted by Crippen LogP contribution is -2.35. The van der Waals surface area contributed by atoms with Crippen molar-refractivity contribution in [1.82, 2.24) is 20.3 Å². The van der Waals surface area contributed by atoms with Gasteiger partial charge in [-0.1, -0.05) is 18.2 Å². The van der Waals surface area contributed by atoms with Gasteiger partial charge in [0.25, 0.3) is 0 Å². The summed E-state index contributed by atoms with van der Waals surface area (Å²) in [7, 11) is 0. The number of hydrogen-bond donors (Lipinski definition) is 3. The summed E-state index contributed by atoms with van der Waals surface area (Å²) in [6, 6.07) is 8.43. The van der Waals surface area contributed by atoms with Crippen LogP contribution in [0.5, 0.6) is 0 Å². The Hall–Kier alpha value is -2.11. The monoisotopic (exact) mass is 268 g/mol. The summed E-state index contributed by atoms with van der Waals surface area (Å²) in [5, 5.41) is 4.61. The van der Waals surface area contributed by atoms with Gasteiger partial charge in [0.05, 0.1) is 31.1 Å². The van der Waals surface area contributed by atoms with Crippen molar-refractivity contribution in [3.8, 4) is 11.3 Å². The molecule has 3 aromatic rings. The quantitative estimate of drug-likeness (QED) is 0.667. The minimum atomic E-state index is 0.155. The first-order valence-electron chi connectivity index (χ1n) is 6.84. The highest BCUT2D eigenvalue weighted by Crippen LogP contribution is 2.28. The second-order valence-corrected chi connectivity index (χ2v) is 5.01. The number of rotatable bonds is 2. The van der Waals surface area contributed by atoms with Gasteiger partial charge in [0, 0.05) is 29.2 Å². The van der Waals surface area contributed by atoms with Crippen molar-refractivity contribution in [2.45, 2.75) is 6.04 Å². The van der Waals surface area contributed by atoms with Crippen LogP contribution < -0.4 is 5.32 Å². The molecule has 4 rings (SSSR count). The van der Waals surface area contributed by atoms with Crippen molar-refractivity contribution < 1.29 is 4.74 Å². The Labute approximate surface area is 116 Å². The molecule has 1 aliphatic rings. The topological polar surface area (TPSA) is 65.7 Å². The number of hydrogen-bond acceptors (Lipinski definition) is 3. The Morgan fingerprint density at radius 1 is 1.25 bits per heavy atom. The number of H-pyrrole nitrogens is 2. The lowest BCUT2D eigenvalue weighted by Gasteiger charge is -2.21. The van der Waals surface area contributed by atoms with Crippen LogP contribution in [-0.2, 0) is 4.74 Å². The molecule has 0 bridgehead atoms. The Morgan fingerprint density at radius 2 is 2.20 bits per heavy atom. The van der Waals surface area contributed by atoms with Crippen LogP contribution in [0, 0.1) is 0 Å². The van der Waals surface area contributed by atoms with E-state index in [-0.39, 0.29) is 6.04 Å². The summed E-state index contributed by atoms with van der Waals surface area (Å²) in [4.78, 5) is 11.2. The molecule has 3 N–H and O–H groups in total. The molecule has 1 aromatic carbocycles. The van der Waals surface area contributed by atoms with Crippen LogP contribution in [-0.4, -0.2) is 34.7 Å². The van der Waals surface area contributed by atoms with Crippen molar-refractivity contribution >= 4 is 10.9 Å². The molecule has 0 saturated carbocycles. The molecule has 1 fully saturated rings. The van der Waals surface area contributed by atoms with Crippen molar-refractivity contribution in [3.63, 3.8) is 0 Å². The highest BCUT2D eigenvalue weighted by atomic mass is 16.5. The minimum absolute atomic E-state index is 0.155. The molecule has 3 heterocycles. The molecule has 0 amide bonds. The number of imidazole rings is 1. The van der Waals surface area contributed by atoms with Gasteiger partial charge in [-0.15, -0.1) is 0 Å². The van der Waals surface area contributed by atoms with E-state index in [1.165, 1.54) is 5.39 Å². The van der Waals surface area contributed by atoms with E-state index in [0.717, 1.165) is 35.8 Å². The number of ether oxygens (including phenoxy) is 1. The molecule has 5 heteroatoms. The highest BCUT2D eigenvalue weighted by Gasteiger charge is 2.19. The fourth-order valence-corrected chi connectivity index (χ4v) is 2.69. The fourth-order valence-electron chi connectivity index (χ4n) is 2.69. The van der Waals surface area contributed by atoms with Gasteiger partial charge in [0.2, 0.25) is 0 Å². The van der Waals surface area contributed by atoms with Crippen molar-refractivity contribution in [2.75, 3.05) is 19.8 Å². The van der Waals surface area contributed by atoms with E-state index < -0.39 is 0 Å². The second-order valence-electron chi connectivity index (χ2n) is 5.01. The van der Waals surface area contributed by atoms with E-state index in [4.69, 9.17) is 4.74 Å². The zero-order valence-corrected chi connectivity index (χ0v) is 11.0. The molecular weight excluding hydrogens is 252 g/mol. The fraction of sp³-hybridized carbons (Fsp3) is 0.267. The summed E-state index contributed by atoms with van der Waals surface area (Å²) in [5.41, 5.74) is 3.32. The van der Waals surface area contributed by atoms with Crippen LogP contribution >= 0.6 is 0 Å². The number of benzene rings is 1. The summed E-state index contributed by atoms with van der Waals surface area (Å²) in [6.45, 7) is 2.31. The number of nitrogens with zero attached hydrogens (tertiary/aromatic N) is 1. The van der Waals surface area contributed by atoms with Crippen LogP contribution in [0.1, 0.15) is 11.9 Å². The Morgan fingerprint density at radius 3 is 3.10 bits per heavy atom. The van der Waals surface area contributed by atoms with Crippen LogP contribution in [0.3, 0.4) is 0 Å². The SMILES string of the molecule is c1ccc2c(-c3cnc(C4COCCN4)[nH]3)c[nH]c2c1. The minimum Gasteiger partial charge on any atom is -0.378 e. The average molecular weight is 268 g/mol. The number of fused-ring (bicyclic) bond motifs is 1. The molecule has 20 heavy (non-hydrogen) atoms. The first kappa shape index (κ1) is 11.7. The number of aromatic amines is 2. The molecule has 5 nitrogen and oxygen atoms in total. The normalized spacial score (nSPS) is 19.5. The third-order valence-electron chi connectivity index (χ3n) is 3.73. The van der Waals surface area contributed by atoms with E-state index in [1.54, 1.807) is 0 Å². The Kier molecular flexibility index (Phi) is 2.79. The predicted molar refractivity (Wildman–Crippen MR) is 77.4 cm³/mol. The van der Waals surface area contributed by atoms with Gasteiger partial charge in [-0.25, -0.2) is 4.98 Å². The Balaban J connectivity index is 1.70. The van der Waals surface area contributed by atoms with Crippen molar-refractivity contribution in [2.24, 2.45) is 0 Å². The van der Waals surface area contributed by atoms with Crippen LogP contribution in [0.15, 0.2) is 36.7 Å². The number of nitrogens with one attached hydrogen (secondary N) is 3. The van der Waals surface area contributed by atoms with E-state index in [9.17, 15) is 0 Å². The van der Waals surface area contributed by atoms with Gasteiger partial charge in [-0.2, -0.15) is 0 Å². The summed E-state index contributed by atoms with van der Waals surface area (Å²) in [5.74, 6) is 0.935. The van der Waals surface area contributed by atoms with Gasteiger partial charge >= 0.3 is 0 Å². The second kappa shape index (κ2) is 4.77. The molecule has 0 spiro atoms. The third-order valence-corrected chi connectivity index (χ3v) is 3.73. The highest BCUT2D eigenvalue weighted by molar-refractivity contribution is 5.94. The van der Waals surface area contributed by atoms with Crippen LogP contribution in [0.25, 0.3) is 22.2 Å². The van der Waals surface area contributed by atoms with Gasteiger partial charge < -0.3 is 20.0 Å². The largest absolute Gasteiger partial charge is 0.378 e. The summed E-state index contributed by atoms with van der Waals surface area (Å²) < 4.78 is 5.48. The zero-order chi connectivity index (χ0) is 13.4. The van der Waals surface area contributed by atoms with E-state index >= 15 is 0 Å². The molecular formula is C15H16N4O. The van der Waals surface area contributed by atoms with Crippen molar-refractivity contribution in [1.29, 1.82) is 0 Å². The maximum absolute atomic E-state index is 5.48. The lowest BCUT2D eigenvalue weighted by molar-refractivity contribution is 0.0745. The molecule has 102 valence electrons. The van der Waals surface area contributed by atoms with E-state index in [1.807, 2.05) is 24.5 Å². The molecule has 1 saturated heterocycles. The van der Waals surface area contributed by atoms with Gasteiger partial charge in [-0.3, -0.25) is 0 Å². The van der Waals surface area contributed by atoms with E-state index in [0.29, 0.717) is 6.61 Å². The van der Waals surface area contributed by atoms with Gasteiger partial charge in [-0.05, 0) is 6.07 Å². The number of morpholine rings is 1. The molecule has 0 aliphatic carbocycles. The first-order valence-corrected chi connectivity index (χ1v) is 6.84. The average Bonchev–Trinajstić information content (AvgIpc) is 3.14. The molecule has 2 aromatic heterocycles. The maximum atomic E-state index is 5.48. The van der Waals surface area contributed by atoms with E-state index in [2.05, 4.69) is 32.4 Å². The van der Waals surface area contributed by atoms with Crippen LogP contribution in [0.2, 0.25) is 0 Å². The van der Waals surface area contributed by atoms with Gasteiger partial charge in [0.1, 0.15) is 5.82 Å². The lowest BCUT2D eigenvalue weighted by atomic mass is 10.1. The summed E-state index contributed by atoms with van der Waals surface area (Å²) in [6.07, 6.45) is 3.91. The zero-order valence-electron chi connectivity index (χ0n) is 11.0. The molecule has 1 aliphatic heterocycles. The van der Waals surface area contributed by atoms with Crippen molar-refractivity contribution in [3.05, 3.63) is 42.5 Å². The molecule has 1 unspecified atom stereocenters. The Bertz CT molecular complexity index is 724. The number of para-hydroxylation sites is 1. The third kappa shape index (κ3) is 1.92. The molecule has 0 radical (unpaired) electrons.